The van der Waals surface area contributed by atoms with Gasteiger partial charge < -0.3 is 4.90 Å². The molecule has 0 radical (unpaired) electrons. The highest BCUT2D eigenvalue weighted by atomic mass is 32.2. The highest BCUT2D eigenvalue weighted by Gasteiger charge is 2.30. The number of nitrogens with zero attached hydrogens (tertiary/aromatic N) is 2. The van der Waals surface area contributed by atoms with Gasteiger partial charge in [-0.1, -0.05) is 36.8 Å². The largest absolute Gasteiger partial charge is 0.336 e. The summed E-state index contributed by atoms with van der Waals surface area (Å²) in [5, 5.41) is 0. The van der Waals surface area contributed by atoms with Gasteiger partial charge in [-0.2, -0.15) is 4.31 Å². The zero-order valence-electron chi connectivity index (χ0n) is 15.2. The standard InChI is InChI=1S/C20H24N2O3S/c1-3-17-6-10-19(11-7-17)26(24,25)22-14-12-21(13-15-22)20(23)18-8-4-16(2)5-9-18/h4-11H,3,12-15H2,1-2H3. The van der Waals surface area contributed by atoms with Crippen LogP contribution in [0.25, 0.3) is 0 Å². The number of benzene rings is 2. The topological polar surface area (TPSA) is 57.7 Å². The average molecular weight is 372 g/mol. The van der Waals surface area contributed by atoms with Crippen LogP contribution in [-0.4, -0.2) is 49.7 Å². The molecule has 0 unspecified atom stereocenters. The molecule has 1 heterocycles. The van der Waals surface area contributed by atoms with Crippen molar-refractivity contribution in [1.82, 2.24) is 9.21 Å². The smallest absolute Gasteiger partial charge is 0.253 e. The summed E-state index contributed by atoms with van der Waals surface area (Å²) in [7, 11) is -3.51. The molecule has 0 aromatic heterocycles. The number of carbonyl (C=O) groups excluding carboxylic acids is 1. The van der Waals surface area contributed by atoms with Crippen LogP contribution in [0, 0.1) is 6.92 Å². The van der Waals surface area contributed by atoms with Gasteiger partial charge in [0.05, 0.1) is 4.90 Å². The Hall–Kier alpha value is -2.18. The lowest BCUT2D eigenvalue weighted by Crippen LogP contribution is -2.50. The van der Waals surface area contributed by atoms with Gasteiger partial charge in [-0.15, -0.1) is 0 Å². The van der Waals surface area contributed by atoms with Crippen molar-refractivity contribution < 1.29 is 13.2 Å². The molecule has 0 atom stereocenters. The van der Waals surface area contributed by atoms with E-state index >= 15 is 0 Å². The van der Waals surface area contributed by atoms with E-state index in [0.717, 1.165) is 17.5 Å². The fourth-order valence-electron chi connectivity index (χ4n) is 3.06. The molecule has 2 aromatic rings. The molecule has 2 aromatic carbocycles. The first kappa shape index (κ1) is 18.6. The highest BCUT2D eigenvalue weighted by Crippen LogP contribution is 2.19. The van der Waals surface area contributed by atoms with Gasteiger partial charge in [0.2, 0.25) is 10.0 Å². The molecule has 1 aliphatic rings. The van der Waals surface area contributed by atoms with Crippen LogP contribution >= 0.6 is 0 Å². The summed E-state index contributed by atoms with van der Waals surface area (Å²) in [4.78, 5) is 14.6. The third-order valence-electron chi connectivity index (χ3n) is 4.79. The summed E-state index contributed by atoms with van der Waals surface area (Å²) >= 11 is 0. The van der Waals surface area contributed by atoms with Gasteiger partial charge in [-0.3, -0.25) is 4.79 Å². The Kier molecular flexibility index (Phi) is 5.44. The van der Waals surface area contributed by atoms with Crippen molar-refractivity contribution in [2.24, 2.45) is 0 Å². The maximum Gasteiger partial charge on any atom is 0.253 e. The number of amides is 1. The summed E-state index contributed by atoms with van der Waals surface area (Å²) in [5.41, 5.74) is 2.85. The van der Waals surface area contributed by atoms with Crippen molar-refractivity contribution in [2.45, 2.75) is 25.2 Å². The lowest BCUT2D eigenvalue weighted by molar-refractivity contribution is 0.0698. The number of piperazine rings is 1. The molecule has 1 fully saturated rings. The minimum Gasteiger partial charge on any atom is -0.336 e. The molecule has 1 amide bonds. The Bertz CT molecular complexity index is 866. The third kappa shape index (κ3) is 3.81. The Balaban J connectivity index is 1.67. The second-order valence-electron chi connectivity index (χ2n) is 6.56. The monoisotopic (exact) mass is 372 g/mol. The second-order valence-corrected chi connectivity index (χ2v) is 8.50. The molecule has 0 bridgehead atoms. The summed E-state index contributed by atoms with van der Waals surface area (Å²) in [5.74, 6) is -0.0469. The van der Waals surface area contributed by atoms with Crippen molar-refractivity contribution in [3.63, 3.8) is 0 Å². The van der Waals surface area contributed by atoms with Crippen molar-refractivity contribution in [3.05, 3.63) is 65.2 Å². The van der Waals surface area contributed by atoms with E-state index in [2.05, 4.69) is 0 Å². The SMILES string of the molecule is CCc1ccc(S(=O)(=O)N2CCN(C(=O)c3ccc(C)cc3)CC2)cc1. The normalized spacial score (nSPS) is 15.8. The molecule has 0 aliphatic carbocycles. The molecule has 6 heteroatoms. The first-order chi connectivity index (χ1) is 12.4. The highest BCUT2D eigenvalue weighted by molar-refractivity contribution is 7.89. The van der Waals surface area contributed by atoms with Crippen molar-refractivity contribution in [3.8, 4) is 0 Å². The van der Waals surface area contributed by atoms with Gasteiger partial charge in [0.1, 0.15) is 0 Å². The van der Waals surface area contributed by atoms with E-state index in [1.807, 2.05) is 50.2 Å². The number of rotatable bonds is 4. The molecule has 1 saturated heterocycles. The first-order valence-corrected chi connectivity index (χ1v) is 10.3. The maximum atomic E-state index is 12.8. The van der Waals surface area contributed by atoms with E-state index in [4.69, 9.17) is 0 Å². The molecule has 5 nitrogen and oxygen atoms in total. The molecule has 0 N–H and O–H groups in total. The predicted octanol–water partition coefficient (Wildman–Crippen LogP) is 2.70. The lowest BCUT2D eigenvalue weighted by atomic mass is 10.1. The molecular weight excluding hydrogens is 348 g/mol. The van der Waals surface area contributed by atoms with E-state index in [1.165, 1.54) is 4.31 Å². The predicted molar refractivity (Wildman–Crippen MR) is 102 cm³/mol. The summed E-state index contributed by atoms with van der Waals surface area (Å²) in [6.45, 7) is 5.45. The summed E-state index contributed by atoms with van der Waals surface area (Å²) in [6, 6.07) is 14.5. The van der Waals surface area contributed by atoms with Crippen LogP contribution in [0.3, 0.4) is 0 Å². The summed E-state index contributed by atoms with van der Waals surface area (Å²) in [6.07, 6.45) is 0.875. The van der Waals surface area contributed by atoms with E-state index in [0.29, 0.717) is 36.6 Å². The van der Waals surface area contributed by atoms with E-state index in [9.17, 15) is 13.2 Å². The van der Waals surface area contributed by atoms with Crippen molar-refractivity contribution in [2.75, 3.05) is 26.2 Å². The van der Waals surface area contributed by atoms with E-state index < -0.39 is 10.0 Å². The van der Waals surface area contributed by atoms with E-state index in [-0.39, 0.29) is 5.91 Å². The van der Waals surface area contributed by atoms with Gasteiger partial charge in [0.15, 0.2) is 0 Å². The molecule has 0 spiro atoms. The van der Waals surface area contributed by atoms with Crippen LogP contribution in [0.5, 0.6) is 0 Å². The summed E-state index contributed by atoms with van der Waals surface area (Å²) < 4.78 is 27.1. The number of hydrogen-bond donors (Lipinski definition) is 0. The zero-order chi connectivity index (χ0) is 18.7. The number of sulfonamides is 1. The molecular formula is C20H24N2O3S. The third-order valence-corrected chi connectivity index (χ3v) is 6.71. The van der Waals surface area contributed by atoms with Gasteiger partial charge in [-0.25, -0.2) is 8.42 Å². The molecule has 0 saturated carbocycles. The van der Waals surface area contributed by atoms with E-state index in [1.54, 1.807) is 17.0 Å². The fourth-order valence-corrected chi connectivity index (χ4v) is 4.48. The number of hydrogen-bond acceptors (Lipinski definition) is 3. The van der Waals surface area contributed by atoms with Gasteiger partial charge >= 0.3 is 0 Å². The average Bonchev–Trinajstić information content (AvgIpc) is 2.68. The van der Waals surface area contributed by atoms with Gasteiger partial charge in [0.25, 0.3) is 5.91 Å². The van der Waals surface area contributed by atoms with Gasteiger partial charge in [-0.05, 0) is 43.2 Å². The Labute approximate surface area is 155 Å². The molecule has 26 heavy (non-hydrogen) atoms. The van der Waals surface area contributed by atoms with Crippen LogP contribution in [0.2, 0.25) is 0 Å². The minimum absolute atomic E-state index is 0.0469. The van der Waals surface area contributed by atoms with Crippen LogP contribution in [0.4, 0.5) is 0 Å². The number of carbonyl (C=O) groups is 1. The Morgan fingerprint density at radius 3 is 2.04 bits per heavy atom. The van der Waals surface area contributed by atoms with Crippen LogP contribution in [-0.2, 0) is 16.4 Å². The van der Waals surface area contributed by atoms with Gasteiger partial charge in [0, 0.05) is 31.7 Å². The molecule has 138 valence electrons. The zero-order valence-corrected chi connectivity index (χ0v) is 16.0. The number of aryl methyl sites for hydroxylation is 2. The van der Waals surface area contributed by atoms with Crippen LogP contribution in [0.1, 0.15) is 28.4 Å². The van der Waals surface area contributed by atoms with Crippen LogP contribution < -0.4 is 0 Å². The molecule has 1 aliphatic heterocycles. The lowest BCUT2D eigenvalue weighted by Gasteiger charge is -2.34. The Morgan fingerprint density at radius 2 is 1.50 bits per heavy atom. The second kappa shape index (κ2) is 7.60. The van der Waals surface area contributed by atoms with Crippen LogP contribution in [0.15, 0.2) is 53.4 Å². The quantitative estimate of drug-likeness (QED) is 0.829. The molecule has 3 rings (SSSR count). The van der Waals surface area contributed by atoms with Crippen molar-refractivity contribution >= 4 is 15.9 Å². The Morgan fingerprint density at radius 1 is 0.923 bits per heavy atom. The minimum atomic E-state index is -3.51. The van der Waals surface area contributed by atoms with Crippen molar-refractivity contribution in [1.29, 1.82) is 0 Å². The first-order valence-electron chi connectivity index (χ1n) is 8.87. The maximum absolute atomic E-state index is 12.8. The fraction of sp³-hybridized carbons (Fsp3) is 0.350.